The van der Waals surface area contributed by atoms with Gasteiger partial charge in [-0.2, -0.15) is 0 Å². The molecule has 22 heavy (non-hydrogen) atoms. The van der Waals surface area contributed by atoms with Gasteiger partial charge in [-0.15, -0.1) is 0 Å². The van der Waals surface area contributed by atoms with Crippen LogP contribution in [0.2, 0.25) is 10.2 Å². The molecule has 5 nitrogen and oxygen atoms in total. The van der Waals surface area contributed by atoms with Crippen LogP contribution in [0.5, 0.6) is 5.75 Å². The van der Waals surface area contributed by atoms with Crippen LogP contribution in [0.3, 0.4) is 0 Å². The van der Waals surface area contributed by atoms with Crippen LogP contribution in [0.4, 0.5) is 5.69 Å². The van der Waals surface area contributed by atoms with Crippen LogP contribution in [0.1, 0.15) is 23.3 Å². The first-order valence-electron chi connectivity index (χ1n) is 6.70. The summed E-state index contributed by atoms with van der Waals surface area (Å²) < 4.78 is 5.23. The number of carbonyl (C=O) groups is 2. The van der Waals surface area contributed by atoms with Gasteiger partial charge in [0.2, 0.25) is 5.91 Å². The third-order valence-corrected chi connectivity index (χ3v) is 3.90. The molecule has 1 fully saturated rings. The molecule has 3 rings (SSSR count). The molecule has 1 aromatic heterocycles. The van der Waals surface area contributed by atoms with Gasteiger partial charge in [0.1, 0.15) is 16.6 Å². The Morgan fingerprint density at radius 2 is 2.00 bits per heavy atom. The number of esters is 1. The number of benzene rings is 1. The Morgan fingerprint density at radius 3 is 2.64 bits per heavy atom. The first-order valence-corrected chi connectivity index (χ1v) is 7.45. The summed E-state index contributed by atoms with van der Waals surface area (Å²) >= 11 is 11.5. The molecular formula is C15H12Cl2N2O3. The van der Waals surface area contributed by atoms with Gasteiger partial charge >= 0.3 is 5.97 Å². The van der Waals surface area contributed by atoms with Crippen LogP contribution in [0.15, 0.2) is 30.3 Å². The van der Waals surface area contributed by atoms with Crippen molar-refractivity contribution in [3.05, 3.63) is 46.2 Å². The number of H-pyrrole nitrogens is 1. The highest BCUT2D eigenvalue weighted by Gasteiger charge is 2.29. The molecule has 7 heteroatoms. The van der Waals surface area contributed by atoms with E-state index in [1.165, 1.54) is 6.07 Å². The number of aromatic nitrogens is 1. The normalized spacial score (nSPS) is 13.7. The minimum atomic E-state index is -0.612. The molecule has 0 aliphatic heterocycles. The summed E-state index contributed by atoms with van der Waals surface area (Å²) in [4.78, 5) is 26.3. The van der Waals surface area contributed by atoms with Crippen LogP contribution < -0.4 is 10.1 Å². The van der Waals surface area contributed by atoms with Crippen molar-refractivity contribution in [3.63, 3.8) is 0 Å². The van der Waals surface area contributed by atoms with Crippen molar-refractivity contribution in [3.8, 4) is 5.75 Å². The number of nitrogens with one attached hydrogen (secondary N) is 2. The molecule has 0 atom stereocenters. The fourth-order valence-electron chi connectivity index (χ4n) is 1.90. The van der Waals surface area contributed by atoms with Gasteiger partial charge in [-0.3, -0.25) is 4.79 Å². The van der Waals surface area contributed by atoms with E-state index < -0.39 is 5.97 Å². The number of hydrogen-bond donors (Lipinski definition) is 2. The van der Waals surface area contributed by atoms with E-state index in [9.17, 15) is 9.59 Å². The number of aromatic amines is 1. The Balaban J connectivity index is 1.69. The predicted octanol–water partition coefficient (Wildman–Crippen LogP) is 3.89. The molecule has 0 saturated heterocycles. The smallest absolute Gasteiger partial charge is 0.360 e. The molecular weight excluding hydrogens is 327 g/mol. The summed E-state index contributed by atoms with van der Waals surface area (Å²) in [7, 11) is 0. The van der Waals surface area contributed by atoms with E-state index in [0.717, 1.165) is 12.8 Å². The van der Waals surface area contributed by atoms with Crippen molar-refractivity contribution in [2.45, 2.75) is 12.8 Å². The van der Waals surface area contributed by atoms with Gasteiger partial charge in [-0.1, -0.05) is 29.3 Å². The molecule has 1 aliphatic carbocycles. The van der Waals surface area contributed by atoms with Crippen molar-refractivity contribution in [1.29, 1.82) is 0 Å². The van der Waals surface area contributed by atoms with Crippen molar-refractivity contribution in [2.75, 3.05) is 5.32 Å². The zero-order chi connectivity index (χ0) is 15.7. The van der Waals surface area contributed by atoms with Gasteiger partial charge < -0.3 is 15.0 Å². The van der Waals surface area contributed by atoms with E-state index in [1.54, 1.807) is 24.3 Å². The molecule has 0 spiro atoms. The van der Waals surface area contributed by atoms with Gasteiger partial charge in [0.05, 0.1) is 5.02 Å². The lowest BCUT2D eigenvalue weighted by Gasteiger charge is -2.07. The van der Waals surface area contributed by atoms with E-state index in [0.29, 0.717) is 11.4 Å². The summed E-state index contributed by atoms with van der Waals surface area (Å²) in [6, 6.07) is 8.03. The molecule has 1 amide bonds. The Hall–Kier alpha value is -1.98. The van der Waals surface area contributed by atoms with Gasteiger partial charge in [0.15, 0.2) is 0 Å². The van der Waals surface area contributed by atoms with Gasteiger partial charge in [0.25, 0.3) is 0 Å². The van der Waals surface area contributed by atoms with Gasteiger partial charge in [0, 0.05) is 17.7 Å². The lowest BCUT2D eigenvalue weighted by atomic mass is 10.3. The Labute approximate surface area is 136 Å². The minimum absolute atomic E-state index is 0.00796. The maximum atomic E-state index is 12.0. The number of anilines is 1. The van der Waals surface area contributed by atoms with Gasteiger partial charge in [-0.05, 0) is 31.0 Å². The highest BCUT2D eigenvalue weighted by Crippen LogP contribution is 2.30. The fraction of sp³-hybridized carbons (Fsp3) is 0.200. The van der Waals surface area contributed by atoms with E-state index in [-0.39, 0.29) is 27.7 Å². The quantitative estimate of drug-likeness (QED) is 0.656. The lowest BCUT2D eigenvalue weighted by molar-refractivity contribution is -0.117. The molecule has 2 aromatic rings. The first-order chi connectivity index (χ1) is 10.5. The number of hydrogen-bond acceptors (Lipinski definition) is 3. The maximum absolute atomic E-state index is 12.0. The molecule has 0 unspecified atom stereocenters. The molecule has 0 bridgehead atoms. The average molecular weight is 339 g/mol. The second-order valence-electron chi connectivity index (χ2n) is 5.03. The molecule has 1 heterocycles. The topological polar surface area (TPSA) is 71.2 Å². The first kappa shape index (κ1) is 14.9. The van der Waals surface area contributed by atoms with Crippen molar-refractivity contribution >= 4 is 40.8 Å². The van der Waals surface area contributed by atoms with Crippen molar-refractivity contribution in [1.82, 2.24) is 4.98 Å². The van der Waals surface area contributed by atoms with E-state index >= 15 is 0 Å². The largest absolute Gasteiger partial charge is 0.422 e. The molecule has 1 saturated carbocycles. The van der Waals surface area contributed by atoms with Crippen LogP contribution in [-0.2, 0) is 4.79 Å². The lowest BCUT2D eigenvalue weighted by Crippen LogP contribution is -2.13. The van der Waals surface area contributed by atoms with Crippen LogP contribution in [0, 0.1) is 5.92 Å². The third kappa shape index (κ3) is 3.43. The highest BCUT2D eigenvalue weighted by atomic mass is 35.5. The summed E-state index contributed by atoms with van der Waals surface area (Å²) in [5, 5.41) is 3.22. The van der Waals surface area contributed by atoms with E-state index in [4.69, 9.17) is 27.9 Å². The van der Waals surface area contributed by atoms with E-state index in [1.807, 2.05) is 0 Å². The summed E-state index contributed by atoms with van der Waals surface area (Å²) in [6.45, 7) is 0. The molecule has 1 aliphatic rings. The highest BCUT2D eigenvalue weighted by molar-refractivity contribution is 6.41. The van der Waals surface area contributed by atoms with Crippen LogP contribution >= 0.6 is 23.2 Å². The zero-order valence-corrected chi connectivity index (χ0v) is 12.9. The summed E-state index contributed by atoms with van der Waals surface area (Å²) in [5.41, 5.74) is 0.743. The zero-order valence-electron chi connectivity index (χ0n) is 11.4. The second kappa shape index (κ2) is 6.02. The fourth-order valence-corrected chi connectivity index (χ4v) is 2.22. The standard InChI is InChI=1S/C15H12Cl2N2O3/c16-11-7-12(19-13(11)17)15(21)22-10-3-1-2-9(6-10)18-14(20)8-4-5-8/h1-3,6-8,19H,4-5H2,(H,18,20). The number of carbonyl (C=O) groups excluding carboxylic acids is 2. The SMILES string of the molecule is O=C(Oc1cccc(NC(=O)C2CC2)c1)c1cc(Cl)c(Cl)[nH]1. The minimum Gasteiger partial charge on any atom is -0.422 e. The van der Waals surface area contributed by atoms with Crippen molar-refractivity contribution < 1.29 is 14.3 Å². The van der Waals surface area contributed by atoms with Gasteiger partial charge in [-0.25, -0.2) is 4.79 Å². The molecule has 114 valence electrons. The van der Waals surface area contributed by atoms with Crippen molar-refractivity contribution in [2.24, 2.45) is 5.92 Å². The van der Waals surface area contributed by atoms with Crippen LogP contribution in [-0.4, -0.2) is 16.9 Å². The Kier molecular flexibility index (Phi) is 4.09. The summed E-state index contributed by atoms with van der Waals surface area (Å²) in [6.07, 6.45) is 1.85. The average Bonchev–Trinajstić information content (AvgIpc) is 3.26. The molecule has 1 aromatic carbocycles. The maximum Gasteiger partial charge on any atom is 0.360 e. The monoisotopic (exact) mass is 338 g/mol. The number of halogens is 2. The number of rotatable bonds is 4. The van der Waals surface area contributed by atoms with Crippen LogP contribution in [0.25, 0.3) is 0 Å². The number of ether oxygens (including phenoxy) is 1. The predicted molar refractivity (Wildman–Crippen MR) is 83.6 cm³/mol. The number of amides is 1. The molecule has 2 N–H and O–H groups in total. The molecule has 0 radical (unpaired) electrons. The Morgan fingerprint density at radius 1 is 1.23 bits per heavy atom. The third-order valence-electron chi connectivity index (χ3n) is 3.21. The van der Waals surface area contributed by atoms with E-state index in [2.05, 4.69) is 10.3 Å². The second-order valence-corrected chi connectivity index (χ2v) is 5.81. The Bertz CT molecular complexity index is 719. The summed E-state index contributed by atoms with van der Waals surface area (Å²) in [5.74, 6) is -0.194.